The molecule has 1 aromatic rings. The number of carboxylic acids is 1. The molecule has 0 aliphatic carbocycles. The summed E-state index contributed by atoms with van der Waals surface area (Å²) in [5.41, 5.74) is 1.04. The van der Waals surface area contributed by atoms with Crippen LogP contribution in [0.3, 0.4) is 0 Å². The van der Waals surface area contributed by atoms with Gasteiger partial charge in [0.1, 0.15) is 6.54 Å². The predicted molar refractivity (Wildman–Crippen MR) is 66.3 cm³/mol. The van der Waals surface area contributed by atoms with Crippen LogP contribution in [0.5, 0.6) is 0 Å². The first-order valence-corrected chi connectivity index (χ1v) is 5.50. The number of carbonyl (C=O) groups excluding carboxylic acids is 2. The number of rotatable bonds is 3. The van der Waals surface area contributed by atoms with Crippen LogP contribution in [0.1, 0.15) is 10.4 Å². The van der Waals surface area contributed by atoms with Crippen LogP contribution in [0.25, 0.3) is 0 Å². The molecule has 0 spiro atoms. The van der Waals surface area contributed by atoms with Gasteiger partial charge in [-0.05, 0) is 18.2 Å². The number of nitrogens with one attached hydrogen (secondary N) is 1. The van der Waals surface area contributed by atoms with Crippen LogP contribution < -0.4 is 10.2 Å². The second-order valence-corrected chi connectivity index (χ2v) is 4.02. The first kappa shape index (κ1) is 12.9. The molecule has 0 aromatic heterocycles. The minimum absolute atomic E-state index is 0.0223. The number of amides is 1. The van der Waals surface area contributed by atoms with E-state index < -0.39 is 11.9 Å². The number of benzene rings is 1. The Labute approximate surface area is 108 Å². The van der Waals surface area contributed by atoms with Crippen molar-refractivity contribution in [1.82, 2.24) is 0 Å². The fraction of sp³-hybridized carbons (Fsp3) is 0.250. The number of carboxylic acid groups (broad SMARTS) is 1. The highest BCUT2D eigenvalue weighted by Gasteiger charge is 2.24. The van der Waals surface area contributed by atoms with Crippen molar-refractivity contribution in [2.45, 2.75) is 0 Å². The van der Waals surface area contributed by atoms with E-state index >= 15 is 0 Å². The zero-order valence-corrected chi connectivity index (χ0v) is 10.2. The summed E-state index contributed by atoms with van der Waals surface area (Å²) in [4.78, 5) is 35.2. The van der Waals surface area contributed by atoms with E-state index in [9.17, 15) is 14.4 Å². The largest absolute Gasteiger partial charge is 0.478 e. The minimum atomic E-state index is -1.08. The molecule has 1 heterocycles. The Morgan fingerprint density at radius 3 is 2.84 bits per heavy atom. The number of ether oxygens (including phenoxy) is 1. The van der Waals surface area contributed by atoms with E-state index in [1.807, 2.05) is 0 Å². The molecule has 0 saturated carbocycles. The van der Waals surface area contributed by atoms with Crippen molar-refractivity contribution < 1.29 is 24.2 Å². The molecule has 100 valence electrons. The third-order valence-corrected chi connectivity index (χ3v) is 2.74. The van der Waals surface area contributed by atoms with Gasteiger partial charge >= 0.3 is 11.9 Å². The number of methoxy groups -OCH3 is 1. The van der Waals surface area contributed by atoms with E-state index in [0.717, 1.165) is 0 Å². The van der Waals surface area contributed by atoms with Crippen LogP contribution >= 0.6 is 0 Å². The van der Waals surface area contributed by atoms with Gasteiger partial charge in [-0.2, -0.15) is 0 Å². The lowest BCUT2D eigenvalue weighted by Crippen LogP contribution is -2.41. The molecule has 0 unspecified atom stereocenters. The van der Waals surface area contributed by atoms with E-state index in [1.165, 1.54) is 24.1 Å². The van der Waals surface area contributed by atoms with Crippen LogP contribution in [0.4, 0.5) is 11.4 Å². The number of esters is 1. The molecular formula is C12H12N2O5. The summed E-state index contributed by atoms with van der Waals surface area (Å²) >= 11 is 0. The number of aromatic carboxylic acids is 1. The summed E-state index contributed by atoms with van der Waals surface area (Å²) in [6.45, 7) is -0.0438. The molecule has 1 aliphatic rings. The second-order valence-electron chi connectivity index (χ2n) is 4.02. The summed E-state index contributed by atoms with van der Waals surface area (Å²) in [7, 11) is 1.26. The van der Waals surface area contributed by atoms with Crippen LogP contribution in [0.15, 0.2) is 18.2 Å². The molecule has 7 heteroatoms. The Kier molecular flexibility index (Phi) is 3.37. The van der Waals surface area contributed by atoms with Crippen molar-refractivity contribution in [2.24, 2.45) is 0 Å². The summed E-state index contributed by atoms with van der Waals surface area (Å²) in [5.74, 6) is -1.86. The number of carbonyl (C=O) groups is 3. The van der Waals surface area contributed by atoms with Gasteiger partial charge in [-0.1, -0.05) is 0 Å². The zero-order chi connectivity index (χ0) is 14.0. The highest BCUT2D eigenvalue weighted by molar-refractivity contribution is 6.03. The Morgan fingerprint density at radius 1 is 1.47 bits per heavy atom. The number of fused-ring (bicyclic) bond motifs is 1. The van der Waals surface area contributed by atoms with Crippen molar-refractivity contribution in [3.05, 3.63) is 23.8 Å². The molecule has 0 fully saturated rings. The summed E-state index contributed by atoms with van der Waals surface area (Å²) in [6, 6.07) is 4.34. The first-order chi connectivity index (χ1) is 9.01. The highest BCUT2D eigenvalue weighted by Crippen LogP contribution is 2.30. The average molecular weight is 264 g/mol. The van der Waals surface area contributed by atoms with Crippen molar-refractivity contribution in [3.8, 4) is 0 Å². The molecule has 2 rings (SSSR count). The molecule has 1 aliphatic heterocycles. The van der Waals surface area contributed by atoms with Crippen LogP contribution in [-0.4, -0.2) is 43.2 Å². The molecule has 0 bridgehead atoms. The molecule has 1 amide bonds. The third-order valence-electron chi connectivity index (χ3n) is 2.74. The van der Waals surface area contributed by atoms with Gasteiger partial charge < -0.3 is 20.1 Å². The average Bonchev–Trinajstić information content (AvgIpc) is 2.37. The van der Waals surface area contributed by atoms with E-state index in [2.05, 4.69) is 10.1 Å². The lowest BCUT2D eigenvalue weighted by Gasteiger charge is -2.30. The van der Waals surface area contributed by atoms with Crippen LogP contribution in [-0.2, 0) is 14.3 Å². The topological polar surface area (TPSA) is 95.9 Å². The monoisotopic (exact) mass is 264 g/mol. The maximum absolute atomic E-state index is 11.5. The summed E-state index contributed by atoms with van der Waals surface area (Å²) in [5, 5.41) is 11.5. The number of nitrogens with zero attached hydrogens (tertiary/aromatic N) is 1. The van der Waals surface area contributed by atoms with Gasteiger partial charge in [0.25, 0.3) is 0 Å². The molecular weight excluding hydrogens is 252 g/mol. The predicted octanol–water partition coefficient (Wildman–Crippen LogP) is 0.316. The van der Waals surface area contributed by atoms with Crippen molar-refractivity contribution in [3.63, 3.8) is 0 Å². The minimum Gasteiger partial charge on any atom is -0.478 e. The summed E-state index contributed by atoms with van der Waals surface area (Å²) < 4.78 is 4.56. The van der Waals surface area contributed by atoms with Crippen molar-refractivity contribution in [2.75, 3.05) is 30.4 Å². The Balaban J connectivity index is 2.35. The van der Waals surface area contributed by atoms with Gasteiger partial charge in [-0.15, -0.1) is 0 Å². The Hall–Kier alpha value is -2.57. The third kappa shape index (κ3) is 2.65. The molecule has 0 saturated heterocycles. The number of hydrogen-bond donors (Lipinski definition) is 2. The standard InChI is InChI=1S/C12H12N2O5/c1-19-11(16)6-14-5-10(15)13-8-4-7(12(17)18)2-3-9(8)14/h2-4H,5-6H2,1H3,(H,13,15)(H,17,18). The van der Waals surface area contributed by atoms with E-state index in [-0.39, 0.29) is 24.6 Å². The quantitative estimate of drug-likeness (QED) is 0.763. The number of anilines is 2. The van der Waals surface area contributed by atoms with Gasteiger partial charge in [-0.25, -0.2) is 4.79 Å². The SMILES string of the molecule is COC(=O)CN1CC(=O)Nc2cc(C(=O)O)ccc21. The fourth-order valence-corrected chi connectivity index (χ4v) is 1.85. The number of hydrogen-bond acceptors (Lipinski definition) is 5. The lowest BCUT2D eigenvalue weighted by molar-refractivity contribution is -0.138. The maximum Gasteiger partial charge on any atom is 0.335 e. The van der Waals surface area contributed by atoms with Gasteiger partial charge in [0.15, 0.2) is 0 Å². The van der Waals surface area contributed by atoms with Gasteiger partial charge in [0, 0.05) is 0 Å². The second kappa shape index (κ2) is 4.97. The van der Waals surface area contributed by atoms with Crippen LogP contribution in [0.2, 0.25) is 0 Å². The molecule has 19 heavy (non-hydrogen) atoms. The fourth-order valence-electron chi connectivity index (χ4n) is 1.85. The Morgan fingerprint density at radius 2 is 2.21 bits per heavy atom. The van der Waals surface area contributed by atoms with Crippen molar-refractivity contribution in [1.29, 1.82) is 0 Å². The van der Waals surface area contributed by atoms with Crippen molar-refractivity contribution >= 4 is 29.2 Å². The first-order valence-electron chi connectivity index (χ1n) is 5.50. The van der Waals surface area contributed by atoms with E-state index in [4.69, 9.17) is 5.11 Å². The molecule has 0 radical (unpaired) electrons. The smallest absolute Gasteiger partial charge is 0.335 e. The summed E-state index contributed by atoms with van der Waals surface area (Å²) in [6.07, 6.45) is 0. The van der Waals surface area contributed by atoms with E-state index in [1.54, 1.807) is 6.07 Å². The van der Waals surface area contributed by atoms with Gasteiger partial charge in [-0.3, -0.25) is 9.59 Å². The van der Waals surface area contributed by atoms with Gasteiger partial charge in [0.05, 0.1) is 30.6 Å². The normalized spacial score (nSPS) is 13.5. The lowest BCUT2D eigenvalue weighted by atomic mass is 10.1. The molecule has 0 atom stereocenters. The molecule has 7 nitrogen and oxygen atoms in total. The van der Waals surface area contributed by atoms with Gasteiger partial charge in [0.2, 0.25) is 5.91 Å². The maximum atomic E-state index is 11.5. The molecule has 2 N–H and O–H groups in total. The zero-order valence-electron chi connectivity index (χ0n) is 10.2. The highest BCUT2D eigenvalue weighted by atomic mass is 16.5. The van der Waals surface area contributed by atoms with Crippen LogP contribution in [0, 0.1) is 0 Å². The molecule has 1 aromatic carbocycles. The Bertz CT molecular complexity index is 555. The van der Waals surface area contributed by atoms with E-state index in [0.29, 0.717) is 11.4 Å².